The van der Waals surface area contributed by atoms with E-state index in [1.54, 1.807) is 34.6 Å². The molecule has 0 aliphatic carbocycles. The first-order valence-corrected chi connectivity index (χ1v) is 6.10. The number of nitrogens with one attached hydrogen (secondary N) is 1. The lowest BCUT2D eigenvalue weighted by Gasteiger charge is -2.22. The highest BCUT2D eigenvalue weighted by Crippen LogP contribution is 2.24. The van der Waals surface area contributed by atoms with Gasteiger partial charge in [0.05, 0.1) is 11.7 Å². The minimum Gasteiger partial charge on any atom is -0.444 e. The number of rotatable bonds is 4. The molecule has 1 N–H and O–H groups in total. The van der Waals surface area contributed by atoms with Crippen LogP contribution in [0.5, 0.6) is 0 Å². The van der Waals surface area contributed by atoms with Crippen molar-refractivity contribution in [1.82, 2.24) is 10.5 Å². The summed E-state index contributed by atoms with van der Waals surface area (Å²) in [6.45, 7) is 8.83. The standard InChI is InChI=1S/C13H20N2O4/c1-8-11(9(2)19-15-8)10(6-7-16)14-12(17)18-13(3,4)5/h7,10H,6H2,1-5H3,(H,14,17)/t10-/m1/s1. The van der Waals surface area contributed by atoms with Crippen molar-refractivity contribution in [2.24, 2.45) is 0 Å². The van der Waals surface area contributed by atoms with Crippen LogP contribution in [0.2, 0.25) is 0 Å². The third kappa shape index (κ3) is 4.39. The Labute approximate surface area is 112 Å². The van der Waals surface area contributed by atoms with Gasteiger partial charge in [0.2, 0.25) is 0 Å². The van der Waals surface area contributed by atoms with Gasteiger partial charge >= 0.3 is 6.09 Å². The maximum atomic E-state index is 11.8. The number of aryl methyl sites for hydroxylation is 2. The van der Waals surface area contributed by atoms with Crippen LogP contribution in [0.15, 0.2) is 4.52 Å². The third-order valence-electron chi connectivity index (χ3n) is 2.46. The van der Waals surface area contributed by atoms with Crippen LogP contribution in [-0.4, -0.2) is 23.1 Å². The van der Waals surface area contributed by atoms with E-state index in [9.17, 15) is 9.59 Å². The lowest BCUT2D eigenvalue weighted by atomic mass is 10.0. The van der Waals surface area contributed by atoms with Crippen LogP contribution in [0.25, 0.3) is 0 Å². The highest BCUT2D eigenvalue weighted by molar-refractivity contribution is 5.69. The second-order valence-electron chi connectivity index (χ2n) is 5.34. The Balaban J connectivity index is 2.85. The molecule has 0 spiro atoms. The fraction of sp³-hybridized carbons (Fsp3) is 0.615. The van der Waals surface area contributed by atoms with Crippen LogP contribution >= 0.6 is 0 Å². The maximum absolute atomic E-state index is 11.8. The van der Waals surface area contributed by atoms with E-state index >= 15 is 0 Å². The molecule has 1 aromatic rings. The summed E-state index contributed by atoms with van der Waals surface area (Å²) in [5.41, 5.74) is 0.785. The Morgan fingerprint density at radius 3 is 2.53 bits per heavy atom. The molecule has 0 aliphatic rings. The van der Waals surface area contributed by atoms with Crippen molar-refractivity contribution in [3.63, 3.8) is 0 Å². The summed E-state index contributed by atoms with van der Waals surface area (Å²) < 4.78 is 10.2. The van der Waals surface area contributed by atoms with E-state index in [1.807, 2.05) is 0 Å². The molecular weight excluding hydrogens is 248 g/mol. The Kier molecular flexibility index (Phi) is 4.69. The van der Waals surface area contributed by atoms with Gasteiger partial charge in [-0.3, -0.25) is 0 Å². The Morgan fingerprint density at radius 2 is 2.11 bits per heavy atom. The predicted molar refractivity (Wildman–Crippen MR) is 68.8 cm³/mol. The second kappa shape index (κ2) is 5.86. The molecule has 0 fully saturated rings. The number of carbonyl (C=O) groups is 2. The second-order valence-corrected chi connectivity index (χ2v) is 5.34. The third-order valence-corrected chi connectivity index (χ3v) is 2.46. The van der Waals surface area contributed by atoms with Gasteiger partial charge in [-0.1, -0.05) is 5.16 Å². The zero-order chi connectivity index (χ0) is 14.6. The highest BCUT2D eigenvalue weighted by Gasteiger charge is 2.24. The van der Waals surface area contributed by atoms with Crippen molar-refractivity contribution in [1.29, 1.82) is 0 Å². The van der Waals surface area contributed by atoms with Crippen molar-refractivity contribution >= 4 is 12.4 Å². The number of amides is 1. The molecule has 0 radical (unpaired) electrons. The van der Waals surface area contributed by atoms with Gasteiger partial charge in [0.1, 0.15) is 17.6 Å². The van der Waals surface area contributed by atoms with Crippen molar-refractivity contribution in [2.45, 2.75) is 52.7 Å². The van der Waals surface area contributed by atoms with Crippen molar-refractivity contribution in [3.8, 4) is 0 Å². The van der Waals surface area contributed by atoms with Crippen molar-refractivity contribution in [2.75, 3.05) is 0 Å². The molecule has 0 unspecified atom stereocenters. The summed E-state index contributed by atoms with van der Waals surface area (Å²) in [6.07, 6.45) is 0.315. The summed E-state index contributed by atoms with van der Waals surface area (Å²) in [4.78, 5) is 22.5. The van der Waals surface area contributed by atoms with Gasteiger partial charge in [-0.15, -0.1) is 0 Å². The minimum absolute atomic E-state index is 0.141. The quantitative estimate of drug-likeness (QED) is 0.848. The first kappa shape index (κ1) is 15.2. The van der Waals surface area contributed by atoms with E-state index in [-0.39, 0.29) is 6.42 Å². The van der Waals surface area contributed by atoms with E-state index in [4.69, 9.17) is 9.26 Å². The molecule has 0 bridgehead atoms. The number of ether oxygens (including phenoxy) is 1. The molecule has 0 saturated heterocycles. The molecule has 106 valence electrons. The zero-order valence-electron chi connectivity index (χ0n) is 11.9. The number of aldehydes is 1. The number of hydrogen-bond acceptors (Lipinski definition) is 5. The van der Waals surface area contributed by atoms with Gasteiger partial charge in [0, 0.05) is 12.0 Å². The summed E-state index contributed by atoms with van der Waals surface area (Å²) in [5.74, 6) is 0.584. The van der Waals surface area contributed by atoms with Crippen molar-refractivity contribution in [3.05, 3.63) is 17.0 Å². The topological polar surface area (TPSA) is 81.4 Å². The van der Waals surface area contributed by atoms with Crippen LogP contribution in [0.1, 0.15) is 50.3 Å². The zero-order valence-corrected chi connectivity index (χ0v) is 11.9. The van der Waals surface area contributed by atoms with Crippen LogP contribution < -0.4 is 5.32 Å². The van der Waals surface area contributed by atoms with Gasteiger partial charge in [-0.25, -0.2) is 4.79 Å². The van der Waals surface area contributed by atoms with Gasteiger partial charge in [0.15, 0.2) is 0 Å². The largest absolute Gasteiger partial charge is 0.444 e. The lowest BCUT2D eigenvalue weighted by molar-refractivity contribution is -0.108. The molecule has 0 aromatic carbocycles. The van der Waals surface area contributed by atoms with E-state index in [1.165, 1.54) is 0 Å². The smallest absolute Gasteiger partial charge is 0.408 e. The fourth-order valence-electron chi connectivity index (χ4n) is 1.78. The Hall–Kier alpha value is -1.85. The maximum Gasteiger partial charge on any atom is 0.408 e. The lowest BCUT2D eigenvalue weighted by Crippen LogP contribution is -2.35. The first-order chi connectivity index (χ1) is 8.74. The molecule has 0 aliphatic heterocycles. The van der Waals surface area contributed by atoms with E-state index in [0.717, 1.165) is 11.8 Å². The normalized spacial score (nSPS) is 12.9. The molecule has 1 atom stereocenters. The van der Waals surface area contributed by atoms with Crippen LogP contribution in [0.4, 0.5) is 4.79 Å². The molecule has 0 saturated carbocycles. The summed E-state index contributed by atoms with van der Waals surface area (Å²) in [7, 11) is 0. The van der Waals surface area contributed by atoms with Crippen molar-refractivity contribution < 1.29 is 18.8 Å². The van der Waals surface area contributed by atoms with Gasteiger partial charge in [-0.2, -0.15) is 0 Å². The van der Waals surface area contributed by atoms with Gasteiger partial charge < -0.3 is 19.4 Å². The number of carbonyl (C=O) groups excluding carboxylic acids is 2. The molecule has 1 amide bonds. The average Bonchev–Trinajstić information content (AvgIpc) is 2.55. The molecule has 1 aromatic heterocycles. The summed E-state index contributed by atoms with van der Waals surface area (Å²) >= 11 is 0. The Bertz CT molecular complexity index is 440. The number of nitrogens with zero attached hydrogens (tertiary/aromatic N) is 1. The fourth-order valence-corrected chi connectivity index (χ4v) is 1.78. The van der Waals surface area contributed by atoms with E-state index in [2.05, 4.69) is 10.5 Å². The van der Waals surface area contributed by atoms with Crippen LogP contribution in [-0.2, 0) is 9.53 Å². The monoisotopic (exact) mass is 268 g/mol. The molecule has 6 nitrogen and oxygen atoms in total. The molecule has 1 rings (SSSR count). The molecule has 19 heavy (non-hydrogen) atoms. The number of alkyl carbamates (subject to hydrolysis) is 1. The average molecular weight is 268 g/mol. The number of hydrogen-bond donors (Lipinski definition) is 1. The van der Waals surface area contributed by atoms with Gasteiger partial charge in [0.25, 0.3) is 0 Å². The molecule has 6 heteroatoms. The predicted octanol–water partition coefficient (Wildman–Crippen LogP) is 2.45. The SMILES string of the molecule is Cc1noc(C)c1[C@@H](CC=O)NC(=O)OC(C)(C)C. The Morgan fingerprint density at radius 1 is 1.47 bits per heavy atom. The summed E-state index contributed by atoms with van der Waals surface area (Å²) in [6, 6.07) is -0.487. The molecular formula is C13H20N2O4. The van der Waals surface area contributed by atoms with Gasteiger partial charge in [-0.05, 0) is 34.6 Å². The number of aromatic nitrogens is 1. The summed E-state index contributed by atoms with van der Waals surface area (Å²) in [5, 5.41) is 6.48. The highest BCUT2D eigenvalue weighted by atomic mass is 16.6. The first-order valence-electron chi connectivity index (χ1n) is 6.10. The van der Waals surface area contributed by atoms with Crippen LogP contribution in [0, 0.1) is 13.8 Å². The van der Waals surface area contributed by atoms with E-state index < -0.39 is 17.7 Å². The minimum atomic E-state index is -0.589. The molecule has 1 heterocycles. The van der Waals surface area contributed by atoms with Crippen LogP contribution in [0.3, 0.4) is 0 Å². The van der Waals surface area contributed by atoms with E-state index in [0.29, 0.717) is 11.5 Å².